The Labute approximate surface area is 183 Å². The monoisotopic (exact) mass is 458 g/mol. The lowest BCUT2D eigenvalue weighted by Crippen LogP contribution is -2.24. The summed E-state index contributed by atoms with van der Waals surface area (Å²) in [5.74, 6) is -1.08. The fourth-order valence-electron chi connectivity index (χ4n) is 2.63. The highest BCUT2D eigenvalue weighted by atomic mass is 19.4. The molecule has 32 heavy (non-hydrogen) atoms. The quantitative estimate of drug-likeness (QED) is 0.235. The van der Waals surface area contributed by atoms with E-state index < -0.39 is 29.4 Å². The number of hydrogen-bond donors (Lipinski definition) is 3. The second-order valence-corrected chi connectivity index (χ2v) is 7.91. The molecule has 1 aromatic rings. The van der Waals surface area contributed by atoms with E-state index in [4.69, 9.17) is 4.84 Å². The van der Waals surface area contributed by atoms with E-state index in [1.54, 1.807) is 20.8 Å². The lowest BCUT2D eigenvalue weighted by Gasteiger charge is -2.21. The molecule has 0 radical (unpaired) electrons. The van der Waals surface area contributed by atoms with Crippen molar-refractivity contribution >= 4 is 24.2 Å². The molecule has 0 aromatic carbocycles. The van der Waals surface area contributed by atoms with Gasteiger partial charge in [0.1, 0.15) is 17.6 Å². The maximum atomic E-state index is 14.5. The maximum Gasteiger partial charge on any atom is 0.433 e. The molecule has 1 atom stereocenters. The summed E-state index contributed by atoms with van der Waals surface area (Å²) >= 11 is 0. The molecular weight excluding hydrogens is 432 g/mol. The van der Waals surface area contributed by atoms with Gasteiger partial charge in [-0.2, -0.15) is 28.1 Å². The normalized spacial score (nSPS) is 18.6. The molecular formula is C20H26F4N6O2. The number of nitrogens with one attached hydrogen (secondary N) is 2. The molecule has 8 nitrogen and oxygen atoms in total. The lowest BCUT2D eigenvalue weighted by molar-refractivity contribution is -0.0922. The summed E-state index contributed by atoms with van der Waals surface area (Å²) in [7, 11) is 0. The van der Waals surface area contributed by atoms with Crippen molar-refractivity contribution in [2.75, 3.05) is 10.8 Å². The molecule has 0 bridgehead atoms. The van der Waals surface area contributed by atoms with Crippen molar-refractivity contribution in [1.82, 2.24) is 15.0 Å². The smallest absolute Gasteiger partial charge is 0.386 e. The number of aliphatic hydroxyl groups is 1. The van der Waals surface area contributed by atoms with E-state index in [0.29, 0.717) is 6.42 Å². The van der Waals surface area contributed by atoms with Gasteiger partial charge in [0.15, 0.2) is 5.82 Å². The van der Waals surface area contributed by atoms with E-state index in [1.165, 1.54) is 13.0 Å². The van der Waals surface area contributed by atoms with Crippen LogP contribution in [-0.4, -0.2) is 44.7 Å². The number of allylic oxidation sites excluding steroid dienone is 4. The number of halogens is 4. The van der Waals surface area contributed by atoms with Crippen LogP contribution in [0, 0.1) is 0 Å². The highest BCUT2D eigenvalue weighted by molar-refractivity contribution is 5.65. The second kappa shape index (κ2) is 10.2. The number of aromatic nitrogens is 3. The standard InChI is InChI=1S/C20H26F4N6O2/c1-6-11(10-14(25-5)20(22,23)24)26-17-27-16(12-8-7-9-13(31)15(12)21)28-18(29-17)30-32-19(2,3)4/h6,10,13,31H,5,7-9H2,1-4H3,(H2,26,27,28,29,30)/b11-6+,14-10-. The van der Waals surface area contributed by atoms with Gasteiger partial charge in [-0.3, -0.25) is 9.83 Å². The number of aliphatic imine (C=N–C) groups is 1. The molecule has 0 saturated carbocycles. The zero-order valence-corrected chi connectivity index (χ0v) is 18.2. The Bertz CT molecular complexity index is 935. The highest BCUT2D eigenvalue weighted by Crippen LogP contribution is 2.33. The number of nitrogens with zero attached hydrogens (tertiary/aromatic N) is 4. The van der Waals surface area contributed by atoms with Crippen LogP contribution in [0.3, 0.4) is 0 Å². The molecule has 2 rings (SSSR count). The van der Waals surface area contributed by atoms with Crippen molar-refractivity contribution in [3.8, 4) is 0 Å². The first-order chi connectivity index (χ1) is 14.8. The second-order valence-electron chi connectivity index (χ2n) is 7.91. The molecule has 1 aromatic heterocycles. The van der Waals surface area contributed by atoms with Crippen LogP contribution < -0.4 is 10.8 Å². The van der Waals surface area contributed by atoms with Crippen molar-refractivity contribution < 1.29 is 27.5 Å². The Morgan fingerprint density at radius 2 is 1.88 bits per heavy atom. The van der Waals surface area contributed by atoms with Gasteiger partial charge in [0.2, 0.25) is 5.95 Å². The third-order valence-electron chi connectivity index (χ3n) is 4.16. The van der Waals surface area contributed by atoms with Gasteiger partial charge in [0.05, 0.1) is 5.60 Å². The number of anilines is 2. The summed E-state index contributed by atoms with van der Waals surface area (Å²) in [6, 6.07) is 0. The Morgan fingerprint density at radius 1 is 1.22 bits per heavy atom. The minimum atomic E-state index is -4.71. The first-order valence-electron chi connectivity index (χ1n) is 9.80. The average Bonchev–Trinajstić information content (AvgIpc) is 2.70. The lowest BCUT2D eigenvalue weighted by atomic mass is 9.96. The summed E-state index contributed by atoms with van der Waals surface area (Å²) in [4.78, 5) is 20.8. The Balaban J connectivity index is 2.48. The number of aliphatic hydroxyl groups excluding tert-OH is 1. The van der Waals surface area contributed by atoms with Crippen molar-refractivity contribution in [3.63, 3.8) is 0 Å². The minimum absolute atomic E-state index is 0.0253. The molecule has 1 unspecified atom stereocenters. The number of rotatable bonds is 7. The SMILES string of the molecule is C=N/C(=C\C(=C/C)Nc1nc(NOC(C)(C)C)nc(C2=C(F)C(O)CCC2)n1)C(F)(F)F. The van der Waals surface area contributed by atoms with Gasteiger partial charge in [-0.05, 0) is 59.8 Å². The van der Waals surface area contributed by atoms with Crippen LogP contribution in [0.4, 0.5) is 29.5 Å². The molecule has 0 fully saturated rings. The predicted molar refractivity (Wildman–Crippen MR) is 113 cm³/mol. The molecule has 176 valence electrons. The number of alkyl halides is 3. The van der Waals surface area contributed by atoms with Gasteiger partial charge >= 0.3 is 6.18 Å². The first kappa shape index (κ1) is 25.4. The van der Waals surface area contributed by atoms with E-state index in [2.05, 4.69) is 37.5 Å². The molecule has 0 spiro atoms. The third kappa shape index (κ3) is 7.09. The fraction of sp³-hybridized carbons (Fsp3) is 0.500. The first-order valence-corrected chi connectivity index (χ1v) is 9.80. The molecule has 0 saturated heterocycles. The fourth-order valence-corrected chi connectivity index (χ4v) is 2.63. The van der Waals surface area contributed by atoms with Gasteiger partial charge in [0.25, 0.3) is 5.95 Å². The summed E-state index contributed by atoms with van der Waals surface area (Å²) in [6.45, 7) is 9.75. The Hall–Kier alpha value is -2.86. The van der Waals surface area contributed by atoms with E-state index >= 15 is 0 Å². The minimum Gasteiger partial charge on any atom is -0.386 e. The van der Waals surface area contributed by atoms with Crippen LogP contribution in [0.15, 0.2) is 34.4 Å². The largest absolute Gasteiger partial charge is 0.433 e. The third-order valence-corrected chi connectivity index (χ3v) is 4.16. The van der Waals surface area contributed by atoms with Crippen LogP contribution in [0.2, 0.25) is 0 Å². The van der Waals surface area contributed by atoms with Gasteiger partial charge < -0.3 is 10.4 Å². The molecule has 1 aliphatic carbocycles. The Kier molecular flexibility index (Phi) is 8.07. The van der Waals surface area contributed by atoms with E-state index in [1.807, 2.05) is 0 Å². The van der Waals surface area contributed by atoms with Crippen LogP contribution in [-0.2, 0) is 4.84 Å². The van der Waals surface area contributed by atoms with Crippen LogP contribution >= 0.6 is 0 Å². The predicted octanol–water partition coefficient (Wildman–Crippen LogP) is 4.70. The van der Waals surface area contributed by atoms with Gasteiger partial charge in [-0.15, -0.1) is 0 Å². The summed E-state index contributed by atoms with van der Waals surface area (Å²) in [5.41, 5.74) is 0.770. The van der Waals surface area contributed by atoms with Gasteiger partial charge in [0, 0.05) is 11.3 Å². The van der Waals surface area contributed by atoms with Crippen molar-refractivity contribution in [2.24, 2.45) is 4.99 Å². The van der Waals surface area contributed by atoms with Crippen LogP contribution in [0.25, 0.3) is 5.57 Å². The summed E-state index contributed by atoms with van der Waals surface area (Å²) in [6.07, 6.45) is -2.82. The van der Waals surface area contributed by atoms with Gasteiger partial charge in [-0.1, -0.05) is 6.08 Å². The molecule has 0 amide bonds. The van der Waals surface area contributed by atoms with Crippen molar-refractivity contribution in [3.05, 3.63) is 35.2 Å². The number of hydrogen-bond acceptors (Lipinski definition) is 8. The topological polar surface area (TPSA) is 105 Å². The maximum absolute atomic E-state index is 14.5. The zero-order valence-electron chi connectivity index (χ0n) is 18.2. The van der Waals surface area contributed by atoms with Gasteiger partial charge in [-0.25, -0.2) is 9.87 Å². The molecule has 3 N–H and O–H groups in total. The van der Waals surface area contributed by atoms with Crippen molar-refractivity contribution in [1.29, 1.82) is 0 Å². The van der Waals surface area contributed by atoms with E-state index in [9.17, 15) is 22.7 Å². The highest BCUT2D eigenvalue weighted by Gasteiger charge is 2.33. The molecule has 0 aliphatic heterocycles. The average molecular weight is 458 g/mol. The zero-order chi connectivity index (χ0) is 24.1. The van der Waals surface area contributed by atoms with Crippen molar-refractivity contribution in [2.45, 2.75) is 64.8 Å². The van der Waals surface area contributed by atoms with Crippen LogP contribution in [0.5, 0.6) is 0 Å². The van der Waals surface area contributed by atoms with E-state index in [-0.39, 0.29) is 41.8 Å². The van der Waals surface area contributed by atoms with Crippen LogP contribution in [0.1, 0.15) is 52.8 Å². The molecule has 1 heterocycles. The molecule has 12 heteroatoms. The summed E-state index contributed by atoms with van der Waals surface area (Å²) < 4.78 is 53.6. The Morgan fingerprint density at radius 3 is 2.44 bits per heavy atom. The molecule has 1 aliphatic rings. The van der Waals surface area contributed by atoms with E-state index in [0.717, 1.165) is 6.08 Å². The summed E-state index contributed by atoms with van der Waals surface area (Å²) in [5, 5.41) is 12.5.